The standard InChI is InChI=1S/C16H17F2N3O3/c17-14-3-2-12(8-15(14)18)24-11-16(22)20-6-7-23-13(9-20)10-21-5-1-4-19-21/h1-5,8,13H,6-7,9-11H2/t13-/m1/s1. The van der Waals surface area contributed by atoms with Crippen molar-refractivity contribution in [2.75, 3.05) is 26.3 Å². The highest BCUT2D eigenvalue weighted by molar-refractivity contribution is 5.77. The number of aromatic nitrogens is 2. The topological polar surface area (TPSA) is 56.6 Å². The van der Waals surface area contributed by atoms with Crippen LogP contribution in [0.25, 0.3) is 0 Å². The maximum Gasteiger partial charge on any atom is 0.260 e. The van der Waals surface area contributed by atoms with Crippen molar-refractivity contribution in [3.8, 4) is 5.75 Å². The summed E-state index contributed by atoms with van der Waals surface area (Å²) >= 11 is 0. The van der Waals surface area contributed by atoms with Crippen LogP contribution in [0.2, 0.25) is 0 Å². The van der Waals surface area contributed by atoms with Gasteiger partial charge in [-0.15, -0.1) is 0 Å². The van der Waals surface area contributed by atoms with Crippen LogP contribution in [0.5, 0.6) is 5.75 Å². The molecule has 1 aliphatic rings. The van der Waals surface area contributed by atoms with Crippen molar-refractivity contribution in [1.82, 2.24) is 14.7 Å². The van der Waals surface area contributed by atoms with Crippen LogP contribution in [-0.2, 0) is 16.1 Å². The summed E-state index contributed by atoms with van der Waals surface area (Å²) in [5, 5.41) is 4.11. The van der Waals surface area contributed by atoms with Gasteiger partial charge in [0.05, 0.1) is 19.3 Å². The lowest BCUT2D eigenvalue weighted by atomic mass is 10.2. The maximum absolute atomic E-state index is 13.1. The number of halogens is 2. The van der Waals surface area contributed by atoms with Crippen LogP contribution in [0.15, 0.2) is 36.7 Å². The van der Waals surface area contributed by atoms with Crippen LogP contribution in [0.3, 0.4) is 0 Å². The second kappa shape index (κ2) is 7.39. The molecule has 2 aromatic rings. The summed E-state index contributed by atoms with van der Waals surface area (Å²) in [6.07, 6.45) is 3.36. The van der Waals surface area contributed by atoms with Crippen molar-refractivity contribution in [1.29, 1.82) is 0 Å². The number of amides is 1. The van der Waals surface area contributed by atoms with Crippen molar-refractivity contribution < 1.29 is 23.0 Å². The Morgan fingerprint density at radius 3 is 3.00 bits per heavy atom. The number of ether oxygens (including phenoxy) is 2. The molecule has 0 N–H and O–H groups in total. The summed E-state index contributed by atoms with van der Waals surface area (Å²) in [5.74, 6) is -2.08. The molecule has 0 unspecified atom stereocenters. The number of hydrogen-bond acceptors (Lipinski definition) is 4. The fourth-order valence-corrected chi connectivity index (χ4v) is 2.48. The molecule has 1 saturated heterocycles. The molecule has 3 rings (SSSR count). The smallest absolute Gasteiger partial charge is 0.260 e. The number of hydrogen-bond donors (Lipinski definition) is 0. The van der Waals surface area contributed by atoms with Crippen LogP contribution in [-0.4, -0.2) is 53.0 Å². The van der Waals surface area contributed by atoms with E-state index >= 15 is 0 Å². The molecule has 6 nitrogen and oxygen atoms in total. The van der Waals surface area contributed by atoms with E-state index in [0.717, 1.165) is 12.1 Å². The Labute approximate surface area is 137 Å². The highest BCUT2D eigenvalue weighted by Crippen LogP contribution is 2.16. The maximum atomic E-state index is 13.1. The predicted octanol–water partition coefficient (Wildman–Crippen LogP) is 1.47. The van der Waals surface area contributed by atoms with Gasteiger partial charge >= 0.3 is 0 Å². The highest BCUT2D eigenvalue weighted by Gasteiger charge is 2.25. The Morgan fingerprint density at radius 2 is 2.25 bits per heavy atom. The van der Waals surface area contributed by atoms with Crippen LogP contribution in [0.1, 0.15) is 0 Å². The normalized spacial score (nSPS) is 17.8. The second-order valence-corrected chi connectivity index (χ2v) is 5.43. The molecular weight excluding hydrogens is 320 g/mol. The van der Waals surface area contributed by atoms with E-state index in [1.807, 2.05) is 12.3 Å². The Morgan fingerprint density at radius 1 is 1.38 bits per heavy atom. The summed E-state index contributed by atoms with van der Waals surface area (Å²) in [5.41, 5.74) is 0. The summed E-state index contributed by atoms with van der Waals surface area (Å²) in [4.78, 5) is 13.9. The lowest BCUT2D eigenvalue weighted by molar-refractivity contribution is -0.141. The number of rotatable bonds is 5. The minimum absolute atomic E-state index is 0.114. The highest BCUT2D eigenvalue weighted by atomic mass is 19.2. The van der Waals surface area contributed by atoms with Crippen LogP contribution in [0.4, 0.5) is 8.78 Å². The Kier molecular flexibility index (Phi) is 5.05. The van der Waals surface area contributed by atoms with E-state index in [2.05, 4.69) is 5.10 Å². The largest absolute Gasteiger partial charge is 0.484 e. The molecule has 0 spiro atoms. The van der Waals surface area contributed by atoms with Crippen LogP contribution >= 0.6 is 0 Å². The average molecular weight is 337 g/mol. The Hall–Kier alpha value is -2.48. The third-order valence-corrected chi connectivity index (χ3v) is 3.69. The molecule has 24 heavy (non-hydrogen) atoms. The van der Waals surface area contributed by atoms with Gasteiger partial charge in [-0.3, -0.25) is 9.48 Å². The van der Waals surface area contributed by atoms with Gasteiger partial charge in [0.1, 0.15) is 5.75 Å². The van der Waals surface area contributed by atoms with Gasteiger partial charge < -0.3 is 14.4 Å². The van der Waals surface area contributed by atoms with E-state index in [1.165, 1.54) is 6.07 Å². The van der Waals surface area contributed by atoms with Gasteiger partial charge in [-0.2, -0.15) is 5.10 Å². The minimum atomic E-state index is -1.01. The SMILES string of the molecule is O=C(COc1ccc(F)c(F)c1)N1CCO[C@@H](Cn2cccn2)C1. The van der Waals surface area contributed by atoms with Crippen molar-refractivity contribution in [2.45, 2.75) is 12.6 Å². The second-order valence-electron chi connectivity index (χ2n) is 5.43. The first-order chi connectivity index (χ1) is 11.6. The lowest BCUT2D eigenvalue weighted by Gasteiger charge is -2.32. The van der Waals surface area contributed by atoms with Gasteiger partial charge in [0.2, 0.25) is 0 Å². The zero-order chi connectivity index (χ0) is 16.9. The van der Waals surface area contributed by atoms with E-state index in [9.17, 15) is 13.6 Å². The first kappa shape index (κ1) is 16.4. The first-order valence-electron chi connectivity index (χ1n) is 7.56. The molecule has 1 fully saturated rings. The van der Waals surface area contributed by atoms with Crippen LogP contribution < -0.4 is 4.74 Å². The number of morpholine rings is 1. The fraction of sp³-hybridized carbons (Fsp3) is 0.375. The van der Waals surface area contributed by atoms with Crippen molar-refractivity contribution in [3.05, 3.63) is 48.3 Å². The van der Waals surface area contributed by atoms with E-state index in [1.54, 1.807) is 15.8 Å². The Balaban J connectivity index is 1.51. The summed E-state index contributed by atoms with van der Waals surface area (Å²) in [7, 11) is 0. The van der Waals surface area contributed by atoms with Gasteiger partial charge in [0.25, 0.3) is 5.91 Å². The van der Waals surface area contributed by atoms with Gasteiger partial charge in [0.15, 0.2) is 18.2 Å². The molecule has 1 aliphatic heterocycles. The van der Waals surface area contributed by atoms with Crippen molar-refractivity contribution >= 4 is 5.91 Å². The third kappa shape index (κ3) is 4.08. The molecule has 128 valence electrons. The van der Waals surface area contributed by atoms with E-state index in [4.69, 9.17) is 9.47 Å². The van der Waals surface area contributed by atoms with Crippen LogP contribution in [0, 0.1) is 11.6 Å². The van der Waals surface area contributed by atoms with E-state index in [-0.39, 0.29) is 24.4 Å². The molecule has 8 heteroatoms. The number of carbonyl (C=O) groups excluding carboxylic acids is 1. The van der Waals surface area contributed by atoms with Crippen molar-refractivity contribution in [2.24, 2.45) is 0 Å². The number of benzene rings is 1. The van der Waals surface area contributed by atoms with Gasteiger partial charge in [-0.25, -0.2) is 8.78 Å². The fourth-order valence-electron chi connectivity index (χ4n) is 2.48. The van der Waals surface area contributed by atoms with E-state index in [0.29, 0.717) is 26.2 Å². The predicted molar refractivity (Wildman–Crippen MR) is 80.4 cm³/mol. The molecule has 1 atom stereocenters. The zero-order valence-electron chi connectivity index (χ0n) is 12.9. The van der Waals surface area contributed by atoms with Gasteiger partial charge in [-0.05, 0) is 18.2 Å². The Bertz CT molecular complexity index is 694. The van der Waals surface area contributed by atoms with Gasteiger partial charge in [-0.1, -0.05) is 0 Å². The quantitative estimate of drug-likeness (QED) is 0.829. The number of carbonyl (C=O) groups is 1. The number of nitrogens with zero attached hydrogens (tertiary/aromatic N) is 3. The molecule has 1 aromatic carbocycles. The summed E-state index contributed by atoms with van der Waals surface area (Å²) in [6, 6.07) is 4.99. The molecule has 0 aliphatic carbocycles. The molecule has 2 heterocycles. The lowest BCUT2D eigenvalue weighted by Crippen LogP contribution is -2.48. The summed E-state index contributed by atoms with van der Waals surface area (Å²) in [6.45, 7) is 1.65. The molecular formula is C16H17F2N3O3. The van der Waals surface area contributed by atoms with E-state index < -0.39 is 11.6 Å². The van der Waals surface area contributed by atoms with Gasteiger partial charge in [0, 0.05) is 31.5 Å². The third-order valence-electron chi connectivity index (χ3n) is 3.69. The average Bonchev–Trinajstić information content (AvgIpc) is 3.09. The minimum Gasteiger partial charge on any atom is -0.484 e. The van der Waals surface area contributed by atoms with Crippen molar-refractivity contribution in [3.63, 3.8) is 0 Å². The molecule has 1 amide bonds. The summed E-state index contributed by atoms with van der Waals surface area (Å²) < 4.78 is 38.6. The molecule has 0 bridgehead atoms. The molecule has 0 saturated carbocycles. The molecule has 0 radical (unpaired) electrons. The zero-order valence-corrected chi connectivity index (χ0v) is 12.9. The monoisotopic (exact) mass is 337 g/mol. The molecule has 1 aromatic heterocycles. The first-order valence-corrected chi connectivity index (χ1v) is 7.56.